The minimum atomic E-state index is -0.581. The SMILES string of the molecule is Cc1cc2c(cc1F)ncn2C(=O)OC(C)(C)C. The summed E-state index contributed by atoms with van der Waals surface area (Å²) in [7, 11) is 0. The predicted octanol–water partition coefficient (Wildman–Crippen LogP) is 3.27. The Kier molecular flexibility index (Phi) is 2.84. The second-order valence-corrected chi connectivity index (χ2v) is 5.19. The monoisotopic (exact) mass is 250 g/mol. The number of carbonyl (C=O) groups is 1. The van der Waals surface area contributed by atoms with E-state index in [1.165, 1.54) is 17.0 Å². The van der Waals surface area contributed by atoms with Crippen molar-refractivity contribution in [1.82, 2.24) is 9.55 Å². The molecule has 0 amide bonds. The first kappa shape index (κ1) is 12.5. The van der Waals surface area contributed by atoms with Crippen molar-refractivity contribution >= 4 is 17.1 Å². The van der Waals surface area contributed by atoms with Crippen molar-refractivity contribution in [3.8, 4) is 0 Å². The molecule has 0 unspecified atom stereocenters. The predicted molar refractivity (Wildman–Crippen MR) is 66.1 cm³/mol. The molecule has 18 heavy (non-hydrogen) atoms. The van der Waals surface area contributed by atoms with Crippen LogP contribution in [-0.2, 0) is 4.74 Å². The normalized spacial score (nSPS) is 11.8. The number of imidazole rings is 1. The summed E-state index contributed by atoms with van der Waals surface area (Å²) in [6.45, 7) is 7.00. The van der Waals surface area contributed by atoms with E-state index < -0.39 is 11.7 Å². The summed E-state index contributed by atoms with van der Waals surface area (Å²) in [5.74, 6) is -0.336. The maximum absolute atomic E-state index is 13.4. The van der Waals surface area contributed by atoms with Gasteiger partial charge in [0.15, 0.2) is 0 Å². The van der Waals surface area contributed by atoms with Gasteiger partial charge in [0.2, 0.25) is 0 Å². The zero-order valence-corrected chi connectivity index (χ0v) is 10.8. The van der Waals surface area contributed by atoms with Crippen LogP contribution in [0.15, 0.2) is 18.5 Å². The Morgan fingerprint density at radius 1 is 1.39 bits per heavy atom. The highest BCUT2D eigenvalue weighted by molar-refractivity contribution is 5.87. The number of ether oxygens (including phenoxy) is 1. The van der Waals surface area contributed by atoms with Gasteiger partial charge in [0, 0.05) is 6.07 Å². The molecular formula is C13H15FN2O2. The van der Waals surface area contributed by atoms with Crippen LogP contribution in [0, 0.1) is 12.7 Å². The Hall–Kier alpha value is -1.91. The standard InChI is InChI=1S/C13H15FN2O2/c1-8-5-11-10(6-9(8)14)15-7-16(11)12(17)18-13(2,3)4/h5-7H,1-4H3. The molecule has 1 aromatic heterocycles. The topological polar surface area (TPSA) is 44.1 Å². The number of fused-ring (bicyclic) bond motifs is 1. The number of nitrogens with zero attached hydrogens (tertiary/aromatic N) is 2. The van der Waals surface area contributed by atoms with E-state index in [1.807, 2.05) is 0 Å². The Balaban J connectivity index is 2.46. The number of hydrogen-bond acceptors (Lipinski definition) is 3. The van der Waals surface area contributed by atoms with Crippen LogP contribution in [0.2, 0.25) is 0 Å². The van der Waals surface area contributed by atoms with Crippen molar-refractivity contribution < 1.29 is 13.9 Å². The fourth-order valence-electron chi connectivity index (χ4n) is 1.59. The van der Waals surface area contributed by atoms with Gasteiger partial charge in [-0.25, -0.2) is 18.7 Å². The maximum Gasteiger partial charge on any atom is 0.420 e. The van der Waals surface area contributed by atoms with Gasteiger partial charge in [-0.3, -0.25) is 0 Å². The fraction of sp³-hybridized carbons (Fsp3) is 0.385. The molecule has 0 saturated carbocycles. The summed E-state index contributed by atoms with van der Waals surface area (Å²) < 4.78 is 19.9. The third-order valence-electron chi connectivity index (χ3n) is 2.42. The molecule has 0 fully saturated rings. The van der Waals surface area contributed by atoms with Crippen molar-refractivity contribution in [2.75, 3.05) is 0 Å². The first-order chi connectivity index (χ1) is 8.28. The summed E-state index contributed by atoms with van der Waals surface area (Å²) in [6.07, 6.45) is 0.827. The number of benzene rings is 1. The Morgan fingerprint density at radius 3 is 2.67 bits per heavy atom. The molecule has 0 atom stereocenters. The summed E-state index contributed by atoms with van der Waals surface area (Å²) >= 11 is 0. The van der Waals surface area contributed by atoms with Crippen LogP contribution < -0.4 is 0 Å². The van der Waals surface area contributed by atoms with Crippen LogP contribution in [0.4, 0.5) is 9.18 Å². The average molecular weight is 250 g/mol. The van der Waals surface area contributed by atoms with Gasteiger partial charge in [0.25, 0.3) is 0 Å². The molecule has 0 aliphatic carbocycles. The van der Waals surface area contributed by atoms with Crippen LogP contribution in [0.5, 0.6) is 0 Å². The quantitative estimate of drug-likeness (QED) is 0.720. The van der Waals surface area contributed by atoms with E-state index in [0.717, 1.165) is 0 Å². The zero-order valence-electron chi connectivity index (χ0n) is 10.8. The van der Waals surface area contributed by atoms with E-state index in [0.29, 0.717) is 16.6 Å². The third-order valence-corrected chi connectivity index (χ3v) is 2.42. The van der Waals surface area contributed by atoms with Gasteiger partial charge in [-0.2, -0.15) is 0 Å². The lowest BCUT2D eigenvalue weighted by molar-refractivity contribution is 0.0543. The zero-order chi connectivity index (χ0) is 13.5. The van der Waals surface area contributed by atoms with Crippen LogP contribution >= 0.6 is 0 Å². The Labute approximate surface area is 104 Å². The van der Waals surface area contributed by atoms with Crippen molar-refractivity contribution in [2.45, 2.75) is 33.3 Å². The summed E-state index contributed by atoms with van der Waals surface area (Å²) in [5.41, 5.74) is 0.864. The van der Waals surface area contributed by atoms with Gasteiger partial charge in [-0.05, 0) is 39.3 Å². The average Bonchev–Trinajstić information content (AvgIpc) is 2.59. The molecular weight excluding hydrogens is 235 g/mol. The van der Waals surface area contributed by atoms with Gasteiger partial charge < -0.3 is 4.74 Å². The molecule has 0 radical (unpaired) electrons. The van der Waals surface area contributed by atoms with E-state index in [-0.39, 0.29) is 5.82 Å². The molecule has 1 aromatic carbocycles. The second kappa shape index (κ2) is 4.08. The molecule has 2 aromatic rings. The molecule has 96 valence electrons. The summed E-state index contributed by atoms with van der Waals surface area (Å²) in [6, 6.07) is 2.90. The third kappa shape index (κ3) is 2.34. The van der Waals surface area contributed by atoms with Gasteiger partial charge in [0.05, 0.1) is 11.0 Å². The van der Waals surface area contributed by atoms with E-state index in [9.17, 15) is 9.18 Å². The molecule has 2 rings (SSSR count). The van der Waals surface area contributed by atoms with E-state index >= 15 is 0 Å². The van der Waals surface area contributed by atoms with Crippen molar-refractivity contribution in [1.29, 1.82) is 0 Å². The number of halogens is 1. The first-order valence-corrected chi connectivity index (χ1v) is 5.64. The molecule has 0 saturated heterocycles. The highest BCUT2D eigenvalue weighted by atomic mass is 19.1. The van der Waals surface area contributed by atoms with Crippen LogP contribution in [-0.4, -0.2) is 21.2 Å². The molecule has 1 heterocycles. The highest BCUT2D eigenvalue weighted by Gasteiger charge is 2.19. The Bertz CT molecular complexity index is 611. The first-order valence-electron chi connectivity index (χ1n) is 5.64. The van der Waals surface area contributed by atoms with Gasteiger partial charge in [0.1, 0.15) is 17.7 Å². The van der Waals surface area contributed by atoms with Crippen LogP contribution in [0.1, 0.15) is 26.3 Å². The summed E-state index contributed by atoms with van der Waals surface area (Å²) in [5, 5.41) is 0. The lowest BCUT2D eigenvalue weighted by Crippen LogP contribution is -2.26. The lowest BCUT2D eigenvalue weighted by atomic mass is 10.2. The highest BCUT2D eigenvalue weighted by Crippen LogP contribution is 2.19. The number of aromatic nitrogens is 2. The molecule has 0 aliphatic rings. The van der Waals surface area contributed by atoms with Gasteiger partial charge in [-0.1, -0.05) is 0 Å². The number of aryl methyl sites for hydroxylation is 1. The van der Waals surface area contributed by atoms with E-state index in [2.05, 4.69) is 4.98 Å². The van der Waals surface area contributed by atoms with Crippen molar-refractivity contribution in [2.24, 2.45) is 0 Å². The molecule has 0 spiro atoms. The van der Waals surface area contributed by atoms with Crippen LogP contribution in [0.3, 0.4) is 0 Å². The number of carbonyl (C=O) groups excluding carboxylic acids is 1. The molecule has 4 nitrogen and oxygen atoms in total. The molecule has 0 aliphatic heterocycles. The summed E-state index contributed by atoms with van der Waals surface area (Å²) in [4.78, 5) is 15.9. The smallest absolute Gasteiger partial charge is 0.420 e. The minimum absolute atomic E-state index is 0.336. The molecule has 0 bridgehead atoms. The number of rotatable bonds is 0. The van der Waals surface area contributed by atoms with E-state index in [4.69, 9.17) is 4.74 Å². The largest absolute Gasteiger partial charge is 0.443 e. The fourth-order valence-corrected chi connectivity index (χ4v) is 1.59. The van der Waals surface area contributed by atoms with Crippen LogP contribution in [0.25, 0.3) is 11.0 Å². The van der Waals surface area contributed by atoms with Crippen molar-refractivity contribution in [3.63, 3.8) is 0 Å². The number of hydrogen-bond donors (Lipinski definition) is 0. The Morgan fingerprint density at radius 2 is 2.06 bits per heavy atom. The maximum atomic E-state index is 13.4. The van der Waals surface area contributed by atoms with E-state index in [1.54, 1.807) is 33.8 Å². The van der Waals surface area contributed by atoms with Gasteiger partial charge >= 0.3 is 6.09 Å². The lowest BCUT2D eigenvalue weighted by Gasteiger charge is -2.19. The minimum Gasteiger partial charge on any atom is -0.443 e. The second-order valence-electron chi connectivity index (χ2n) is 5.19. The van der Waals surface area contributed by atoms with Gasteiger partial charge in [-0.15, -0.1) is 0 Å². The van der Waals surface area contributed by atoms with Crippen molar-refractivity contribution in [3.05, 3.63) is 29.8 Å². The molecule has 0 N–H and O–H groups in total. The molecule has 5 heteroatoms.